The van der Waals surface area contributed by atoms with E-state index in [0.29, 0.717) is 61.5 Å². The molecule has 0 aliphatic rings. The Balaban J connectivity index is 1.48. The number of benzene rings is 3. The summed E-state index contributed by atoms with van der Waals surface area (Å²) in [5, 5.41) is 0. The van der Waals surface area contributed by atoms with Gasteiger partial charge in [-0.1, -0.05) is 13.2 Å². The van der Waals surface area contributed by atoms with Gasteiger partial charge in [0.15, 0.2) is 11.5 Å². The average Bonchev–Trinajstić information content (AvgIpc) is 3.08. The van der Waals surface area contributed by atoms with Crippen LogP contribution in [0.3, 0.4) is 0 Å². The molecule has 0 spiro atoms. The van der Waals surface area contributed by atoms with E-state index in [1.165, 1.54) is 25.3 Å². The second-order valence-corrected chi connectivity index (χ2v) is 9.95. The van der Waals surface area contributed by atoms with Gasteiger partial charge in [0.1, 0.15) is 17.2 Å². The maximum Gasteiger partial charge on any atom is 0.343 e. The minimum Gasteiger partial charge on any atom is -0.494 e. The molecule has 0 radical (unpaired) electrons. The van der Waals surface area contributed by atoms with Crippen LogP contribution < -0.4 is 23.7 Å². The van der Waals surface area contributed by atoms with Gasteiger partial charge in [-0.25, -0.2) is 19.2 Å². The monoisotopic (exact) mass is 646 g/mol. The lowest BCUT2D eigenvalue weighted by molar-refractivity contribution is -0.138. The first-order valence-corrected chi connectivity index (χ1v) is 14.9. The Labute approximate surface area is 273 Å². The van der Waals surface area contributed by atoms with Crippen LogP contribution in [0.15, 0.2) is 86.0 Å². The molecule has 0 heterocycles. The Kier molecular flexibility index (Phi) is 14.5. The molecule has 0 atom stereocenters. The van der Waals surface area contributed by atoms with E-state index < -0.39 is 23.9 Å². The van der Waals surface area contributed by atoms with Crippen LogP contribution >= 0.6 is 0 Å². The van der Waals surface area contributed by atoms with Crippen LogP contribution in [0.4, 0.5) is 0 Å². The zero-order valence-electron chi connectivity index (χ0n) is 26.5. The van der Waals surface area contributed by atoms with E-state index in [2.05, 4.69) is 13.2 Å². The zero-order chi connectivity index (χ0) is 34.0. The first-order chi connectivity index (χ1) is 22.7. The van der Waals surface area contributed by atoms with Crippen LogP contribution in [0.25, 0.3) is 0 Å². The molecule has 3 aromatic carbocycles. The van der Waals surface area contributed by atoms with Crippen molar-refractivity contribution >= 4 is 23.9 Å². The predicted octanol–water partition coefficient (Wildman–Crippen LogP) is 6.22. The molecule has 0 aromatic heterocycles. The van der Waals surface area contributed by atoms with Gasteiger partial charge in [-0.15, -0.1) is 0 Å². The Bertz CT molecular complexity index is 1540. The molecular weight excluding hydrogens is 608 g/mol. The highest BCUT2D eigenvalue weighted by Gasteiger charge is 2.16. The summed E-state index contributed by atoms with van der Waals surface area (Å²) in [6, 6.07) is 15.8. The summed E-state index contributed by atoms with van der Waals surface area (Å²) in [6.07, 6.45) is 4.89. The van der Waals surface area contributed by atoms with Gasteiger partial charge >= 0.3 is 23.9 Å². The summed E-state index contributed by atoms with van der Waals surface area (Å²) in [7, 11) is 1.41. The molecule has 0 amide bonds. The van der Waals surface area contributed by atoms with Crippen molar-refractivity contribution in [2.24, 2.45) is 0 Å². The van der Waals surface area contributed by atoms with Crippen LogP contribution in [0, 0.1) is 6.92 Å². The van der Waals surface area contributed by atoms with Crippen molar-refractivity contribution in [2.75, 3.05) is 33.5 Å². The number of hydrogen-bond donors (Lipinski definition) is 0. The lowest BCUT2D eigenvalue weighted by Gasteiger charge is -2.13. The fourth-order valence-electron chi connectivity index (χ4n) is 3.99. The summed E-state index contributed by atoms with van der Waals surface area (Å²) >= 11 is 0. The van der Waals surface area contributed by atoms with Crippen molar-refractivity contribution in [1.29, 1.82) is 0 Å². The van der Waals surface area contributed by atoms with E-state index >= 15 is 0 Å². The van der Waals surface area contributed by atoms with Crippen molar-refractivity contribution in [3.05, 3.63) is 103 Å². The lowest BCUT2D eigenvalue weighted by atomic mass is 10.1. The molecule has 11 heteroatoms. The third-order valence-electron chi connectivity index (χ3n) is 6.47. The first kappa shape index (κ1) is 35.9. The van der Waals surface area contributed by atoms with Crippen LogP contribution in [-0.2, 0) is 19.1 Å². The van der Waals surface area contributed by atoms with E-state index in [-0.39, 0.29) is 30.5 Å². The molecule has 47 heavy (non-hydrogen) atoms. The summed E-state index contributed by atoms with van der Waals surface area (Å²) in [4.78, 5) is 47.7. The third-order valence-corrected chi connectivity index (χ3v) is 6.47. The number of ether oxygens (including phenoxy) is 7. The third kappa shape index (κ3) is 12.0. The van der Waals surface area contributed by atoms with Gasteiger partial charge in [-0.3, -0.25) is 0 Å². The Hall–Kier alpha value is -5.58. The smallest absolute Gasteiger partial charge is 0.343 e. The molecule has 0 N–H and O–H groups in total. The van der Waals surface area contributed by atoms with Crippen molar-refractivity contribution in [3.63, 3.8) is 0 Å². The number of aryl methyl sites for hydroxylation is 1. The second-order valence-electron chi connectivity index (χ2n) is 9.95. The van der Waals surface area contributed by atoms with E-state index in [1.54, 1.807) is 42.5 Å². The topological polar surface area (TPSA) is 133 Å². The molecule has 11 nitrogen and oxygen atoms in total. The summed E-state index contributed by atoms with van der Waals surface area (Å²) < 4.78 is 37.7. The van der Waals surface area contributed by atoms with Gasteiger partial charge in [0.05, 0.1) is 44.7 Å². The summed E-state index contributed by atoms with van der Waals surface area (Å²) in [6.45, 7) is 9.93. The van der Waals surface area contributed by atoms with Crippen LogP contribution in [0.2, 0.25) is 0 Å². The number of hydrogen-bond acceptors (Lipinski definition) is 11. The molecule has 3 aromatic rings. The minimum absolute atomic E-state index is 0.144. The van der Waals surface area contributed by atoms with Gasteiger partial charge in [0, 0.05) is 18.2 Å². The summed E-state index contributed by atoms with van der Waals surface area (Å²) in [5.74, 6) is -0.377. The number of carbonyl (C=O) groups is 4. The predicted molar refractivity (Wildman–Crippen MR) is 172 cm³/mol. The molecule has 0 bridgehead atoms. The Morgan fingerprint density at radius 1 is 0.596 bits per heavy atom. The van der Waals surface area contributed by atoms with Crippen LogP contribution in [0.5, 0.6) is 28.7 Å². The van der Waals surface area contributed by atoms with Gasteiger partial charge in [0.2, 0.25) is 0 Å². The Morgan fingerprint density at radius 3 is 1.72 bits per heavy atom. The van der Waals surface area contributed by atoms with Gasteiger partial charge in [-0.05, 0) is 92.8 Å². The average molecular weight is 647 g/mol. The number of esters is 4. The molecule has 0 saturated carbocycles. The maximum absolute atomic E-state index is 12.8. The zero-order valence-corrected chi connectivity index (χ0v) is 26.5. The molecule has 248 valence electrons. The first-order valence-electron chi connectivity index (χ1n) is 14.9. The van der Waals surface area contributed by atoms with Gasteiger partial charge in [0.25, 0.3) is 0 Å². The largest absolute Gasteiger partial charge is 0.494 e. The van der Waals surface area contributed by atoms with Crippen LogP contribution in [-0.4, -0.2) is 57.4 Å². The van der Waals surface area contributed by atoms with Gasteiger partial charge in [-0.2, -0.15) is 0 Å². The molecular formula is C36H38O11. The van der Waals surface area contributed by atoms with Crippen molar-refractivity contribution in [1.82, 2.24) is 0 Å². The van der Waals surface area contributed by atoms with E-state index in [9.17, 15) is 19.2 Å². The number of carbonyl (C=O) groups excluding carboxylic acids is 4. The number of rotatable bonds is 19. The van der Waals surface area contributed by atoms with Crippen LogP contribution in [0.1, 0.15) is 52.0 Å². The minimum atomic E-state index is -0.613. The molecule has 0 aliphatic carbocycles. The van der Waals surface area contributed by atoms with Crippen molar-refractivity contribution in [2.45, 2.75) is 32.6 Å². The molecule has 0 unspecified atom stereocenters. The number of unbranched alkanes of at least 4 members (excludes halogenated alkanes) is 2. The normalized spacial score (nSPS) is 10.3. The van der Waals surface area contributed by atoms with E-state index in [0.717, 1.165) is 17.7 Å². The second kappa shape index (κ2) is 19.1. The SMILES string of the molecule is C=CC(=O)OCCCCOc1ccc(C(=O)Oc2ccc(OC(=O)c3ccc(OCCCCOC(=O)C=C)c(C)c3)cc2OC)cc1. The highest BCUT2D eigenvalue weighted by Crippen LogP contribution is 2.32. The van der Waals surface area contributed by atoms with Crippen molar-refractivity contribution in [3.8, 4) is 28.7 Å². The molecule has 0 aliphatic heterocycles. The maximum atomic E-state index is 12.8. The number of methoxy groups -OCH3 is 1. The fraction of sp³-hybridized carbons (Fsp3) is 0.278. The molecule has 3 rings (SSSR count). The molecule has 0 fully saturated rings. The lowest BCUT2D eigenvalue weighted by Crippen LogP contribution is -2.11. The fourth-order valence-corrected chi connectivity index (χ4v) is 3.99. The quantitative estimate of drug-likeness (QED) is 0.0636. The van der Waals surface area contributed by atoms with Crippen molar-refractivity contribution < 1.29 is 52.3 Å². The highest BCUT2D eigenvalue weighted by atomic mass is 16.6. The Morgan fingerprint density at radius 2 is 1.13 bits per heavy atom. The van der Waals surface area contributed by atoms with Gasteiger partial charge < -0.3 is 33.2 Å². The standard InChI is InChI=1S/C36H38O11/c1-5-33(37)44-21-9-7-19-42-28-14-11-26(12-15-28)35(39)47-31-18-16-29(24-32(31)41-4)46-36(40)27-13-17-30(25(3)23-27)43-20-8-10-22-45-34(38)6-2/h5-6,11-18,23-24H,1-2,7-10,19-22H2,3-4H3. The summed E-state index contributed by atoms with van der Waals surface area (Å²) in [5.41, 5.74) is 1.37. The van der Waals surface area contributed by atoms with E-state index in [1.807, 2.05) is 6.92 Å². The van der Waals surface area contributed by atoms with E-state index in [4.69, 9.17) is 33.2 Å². The highest BCUT2D eigenvalue weighted by molar-refractivity contribution is 5.92. The molecule has 0 saturated heterocycles.